The van der Waals surface area contributed by atoms with Gasteiger partial charge in [0.25, 0.3) is 0 Å². The molecule has 0 aromatic carbocycles. The highest BCUT2D eigenvalue weighted by Gasteiger charge is 2.28. The molecule has 1 atom stereocenters. The molecule has 1 aromatic rings. The van der Waals surface area contributed by atoms with Gasteiger partial charge in [-0.3, -0.25) is 4.79 Å². The molecule has 17 heavy (non-hydrogen) atoms. The fourth-order valence-electron chi connectivity index (χ4n) is 1.57. The van der Waals surface area contributed by atoms with Crippen LogP contribution in [0.15, 0.2) is 5.38 Å². The summed E-state index contributed by atoms with van der Waals surface area (Å²) in [5.74, 6) is -0.272. The van der Waals surface area contributed by atoms with E-state index >= 15 is 0 Å². The summed E-state index contributed by atoms with van der Waals surface area (Å²) in [5.41, 5.74) is 0.720. The molecule has 0 N–H and O–H groups in total. The molecule has 1 unspecified atom stereocenters. The molecule has 0 aliphatic carbocycles. The van der Waals surface area contributed by atoms with Crippen molar-refractivity contribution in [3.05, 3.63) is 16.1 Å². The van der Waals surface area contributed by atoms with Crippen molar-refractivity contribution in [3.8, 4) is 0 Å². The fraction of sp³-hybridized carbons (Fsp3) is 0.667. The van der Waals surface area contributed by atoms with Gasteiger partial charge in [0, 0.05) is 12.5 Å². The number of esters is 1. The molecule has 5 heteroatoms. The second-order valence-electron chi connectivity index (χ2n) is 4.91. The van der Waals surface area contributed by atoms with Gasteiger partial charge in [-0.2, -0.15) is 0 Å². The first-order valence-corrected chi connectivity index (χ1v) is 6.30. The lowest BCUT2D eigenvalue weighted by Crippen LogP contribution is -2.20. The van der Waals surface area contributed by atoms with Crippen LogP contribution in [0.2, 0.25) is 0 Å². The van der Waals surface area contributed by atoms with Crippen LogP contribution in [0.4, 0.5) is 0 Å². The first-order valence-electron chi connectivity index (χ1n) is 5.42. The van der Waals surface area contributed by atoms with Crippen molar-refractivity contribution in [1.29, 1.82) is 0 Å². The number of hydrogen-bond acceptors (Lipinski definition) is 5. The minimum Gasteiger partial charge on any atom is -0.469 e. The van der Waals surface area contributed by atoms with E-state index < -0.39 is 0 Å². The number of hydrogen-bond donors (Lipinski definition) is 0. The van der Waals surface area contributed by atoms with Crippen LogP contribution in [0.25, 0.3) is 0 Å². The minimum atomic E-state index is -0.272. The van der Waals surface area contributed by atoms with E-state index in [0.717, 1.165) is 10.7 Å². The first-order chi connectivity index (χ1) is 7.88. The van der Waals surface area contributed by atoms with Crippen LogP contribution in [0.3, 0.4) is 0 Å². The third-order valence-electron chi connectivity index (χ3n) is 2.37. The molecule has 0 aliphatic heterocycles. The lowest BCUT2D eigenvalue weighted by molar-refractivity contribution is -0.139. The van der Waals surface area contributed by atoms with Crippen LogP contribution in [0, 0.1) is 5.41 Å². The SMILES string of the molecule is COC(=O)Cc1csc(C(OC)C(C)(C)C)n1. The highest BCUT2D eigenvalue weighted by Crippen LogP contribution is 2.36. The van der Waals surface area contributed by atoms with E-state index in [1.807, 2.05) is 5.38 Å². The summed E-state index contributed by atoms with van der Waals surface area (Å²) in [7, 11) is 3.06. The largest absolute Gasteiger partial charge is 0.469 e. The van der Waals surface area contributed by atoms with Crippen LogP contribution in [-0.4, -0.2) is 25.2 Å². The lowest BCUT2D eigenvalue weighted by atomic mass is 9.89. The zero-order valence-corrected chi connectivity index (χ0v) is 11.8. The summed E-state index contributed by atoms with van der Waals surface area (Å²) in [6.45, 7) is 6.30. The van der Waals surface area contributed by atoms with E-state index in [1.165, 1.54) is 18.4 Å². The standard InChI is InChI=1S/C12H19NO3S/c1-12(2,3)10(16-5)11-13-8(7-17-11)6-9(14)15-4/h7,10H,6H2,1-5H3. The number of methoxy groups -OCH3 is 2. The summed E-state index contributed by atoms with van der Waals surface area (Å²) < 4.78 is 10.1. The average molecular weight is 257 g/mol. The first kappa shape index (κ1) is 14.1. The molecule has 0 fully saturated rings. The van der Waals surface area contributed by atoms with Gasteiger partial charge in [0.2, 0.25) is 0 Å². The third kappa shape index (κ3) is 3.78. The van der Waals surface area contributed by atoms with Crippen molar-refractivity contribution in [2.45, 2.75) is 33.3 Å². The smallest absolute Gasteiger partial charge is 0.311 e. The van der Waals surface area contributed by atoms with Gasteiger partial charge in [-0.1, -0.05) is 20.8 Å². The number of thiazole rings is 1. The maximum Gasteiger partial charge on any atom is 0.311 e. The Morgan fingerprint density at radius 3 is 2.59 bits per heavy atom. The van der Waals surface area contributed by atoms with E-state index in [9.17, 15) is 4.79 Å². The second kappa shape index (κ2) is 5.60. The number of aromatic nitrogens is 1. The van der Waals surface area contributed by atoms with Gasteiger partial charge in [-0.25, -0.2) is 4.98 Å². The topological polar surface area (TPSA) is 48.4 Å². The summed E-state index contributed by atoms with van der Waals surface area (Å²) >= 11 is 1.52. The van der Waals surface area contributed by atoms with Gasteiger partial charge in [0.05, 0.1) is 19.2 Å². The quantitative estimate of drug-likeness (QED) is 0.778. The molecule has 1 heterocycles. The van der Waals surface area contributed by atoms with Crippen molar-refractivity contribution in [2.75, 3.05) is 14.2 Å². The van der Waals surface area contributed by atoms with Crippen molar-refractivity contribution >= 4 is 17.3 Å². The third-order valence-corrected chi connectivity index (χ3v) is 3.31. The normalized spacial score (nSPS) is 13.5. The predicted octanol–water partition coefficient (Wildman–Crippen LogP) is 2.59. The van der Waals surface area contributed by atoms with Gasteiger partial charge >= 0.3 is 5.97 Å². The van der Waals surface area contributed by atoms with Gasteiger partial charge in [0.15, 0.2) is 0 Å². The average Bonchev–Trinajstić information content (AvgIpc) is 2.65. The highest BCUT2D eigenvalue weighted by atomic mass is 32.1. The molecule has 96 valence electrons. The van der Waals surface area contributed by atoms with Crippen LogP contribution in [0.1, 0.15) is 37.6 Å². The van der Waals surface area contributed by atoms with E-state index in [0.29, 0.717) is 0 Å². The zero-order valence-electron chi connectivity index (χ0n) is 10.9. The molecule has 0 bridgehead atoms. The van der Waals surface area contributed by atoms with Gasteiger partial charge in [0.1, 0.15) is 11.1 Å². The van der Waals surface area contributed by atoms with Crippen LogP contribution in [0.5, 0.6) is 0 Å². The Labute approximate surface area is 106 Å². The predicted molar refractivity (Wildman–Crippen MR) is 67.0 cm³/mol. The van der Waals surface area contributed by atoms with Crippen molar-refractivity contribution in [1.82, 2.24) is 4.98 Å². The highest BCUT2D eigenvalue weighted by molar-refractivity contribution is 7.09. The van der Waals surface area contributed by atoms with Gasteiger partial charge in [-0.05, 0) is 5.41 Å². The van der Waals surface area contributed by atoms with Gasteiger partial charge < -0.3 is 9.47 Å². The van der Waals surface area contributed by atoms with Crippen LogP contribution < -0.4 is 0 Å². The molecule has 0 radical (unpaired) electrons. The number of ether oxygens (including phenoxy) is 2. The minimum absolute atomic E-state index is 0.0187. The monoisotopic (exact) mass is 257 g/mol. The number of nitrogens with zero attached hydrogens (tertiary/aromatic N) is 1. The summed E-state index contributed by atoms with van der Waals surface area (Å²) in [5, 5.41) is 2.78. The Kier molecular flexibility index (Phi) is 4.65. The maximum atomic E-state index is 11.1. The van der Waals surface area contributed by atoms with E-state index in [2.05, 4.69) is 30.5 Å². The molecule has 0 spiro atoms. The maximum absolute atomic E-state index is 11.1. The Balaban J connectivity index is 2.82. The fourth-order valence-corrected chi connectivity index (χ4v) is 2.71. The molecule has 0 saturated heterocycles. The lowest BCUT2D eigenvalue weighted by Gasteiger charge is -2.27. The summed E-state index contributed by atoms with van der Waals surface area (Å²) in [6, 6.07) is 0. The van der Waals surface area contributed by atoms with Crippen molar-refractivity contribution in [2.24, 2.45) is 5.41 Å². The molecule has 0 saturated carbocycles. The summed E-state index contributed by atoms with van der Waals surface area (Å²) in [4.78, 5) is 15.6. The van der Waals surface area contributed by atoms with Crippen LogP contribution >= 0.6 is 11.3 Å². The number of carbonyl (C=O) groups is 1. The Morgan fingerprint density at radius 1 is 1.47 bits per heavy atom. The molecular weight excluding hydrogens is 238 g/mol. The molecule has 1 rings (SSSR count). The van der Waals surface area contributed by atoms with E-state index in [-0.39, 0.29) is 23.9 Å². The second-order valence-corrected chi connectivity index (χ2v) is 5.80. The van der Waals surface area contributed by atoms with E-state index in [4.69, 9.17) is 4.74 Å². The molecule has 4 nitrogen and oxygen atoms in total. The number of rotatable bonds is 4. The van der Waals surface area contributed by atoms with Gasteiger partial charge in [-0.15, -0.1) is 11.3 Å². The number of carbonyl (C=O) groups excluding carboxylic acids is 1. The summed E-state index contributed by atoms with van der Waals surface area (Å²) in [6.07, 6.45) is 0.159. The molecular formula is C12H19NO3S. The van der Waals surface area contributed by atoms with Crippen molar-refractivity contribution in [3.63, 3.8) is 0 Å². The van der Waals surface area contributed by atoms with Crippen LogP contribution in [-0.2, 0) is 20.7 Å². The Bertz CT molecular complexity index is 381. The molecule has 0 amide bonds. The Hall–Kier alpha value is -0.940. The Morgan fingerprint density at radius 2 is 2.12 bits per heavy atom. The zero-order chi connectivity index (χ0) is 13.1. The van der Waals surface area contributed by atoms with Crippen molar-refractivity contribution < 1.29 is 14.3 Å². The molecule has 1 aromatic heterocycles. The van der Waals surface area contributed by atoms with E-state index in [1.54, 1.807) is 7.11 Å². The molecule has 0 aliphatic rings.